The van der Waals surface area contributed by atoms with Gasteiger partial charge >= 0.3 is 0 Å². The lowest BCUT2D eigenvalue weighted by Crippen LogP contribution is -2.38. The number of hydrogen-bond donors (Lipinski definition) is 1. The second-order valence-electron chi connectivity index (χ2n) is 7.30. The summed E-state index contributed by atoms with van der Waals surface area (Å²) in [5, 5.41) is 9.70. The van der Waals surface area contributed by atoms with E-state index in [0.29, 0.717) is 5.92 Å². The molecule has 0 saturated carbocycles. The fourth-order valence-electron chi connectivity index (χ4n) is 3.66. The van der Waals surface area contributed by atoms with Crippen molar-refractivity contribution in [2.75, 3.05) is 52.5 Å². The van der Waals surface area contributed by atoms with Crippen LogP contribution in [-0.4, -0.2) is 73.6 Å². The molecule has 2 aliphatic heterocycles. The summed E-state index contributed by atoms with van der Waals surface area (Å²) in [6.07, 6.45) is 2.02. The summed E-state index contributed by atoms with van der Waals surface area (Å²) in [5.74, 6) is 1.42. The van der Waals surface area contributed by atoms with Gasteiger partial charge in [0.2, 0.25) is 0 Å². The molecule has 0 aromatic heterocycles. The summed E-state index contributed by atoms with van der Waals surface area (Å²) in [6, 6.07) is 8.50. The molecule has 5 nitrogen and oxygen atoms in total. The standard InChI is InChI=1S/C20H32N2O3/c1-17(23)19-6-8-22(9-7-19)16-18-2-4-20(5-3-18)25-15-12-21-10-13-24-14-11-21/h2-5,17,19,23H,6-16H2,1H3. The number of morpholine rings is 1. The maximum atomic E-state index is 9.70. The third-order valence-electron chi connectivity index (χ3n) is 5.42. The quantitative estimate of drug-likeness (QED) is 0.816. The van der Waals surface area contributed by atoms with Gasteiger partial charge in [0.25, 0.3) is 0 Å². The maximum absolute atomic E-state index is 9.70. The lowest BCUT2D eigenvalue weighted by atomic mass is 9.92. The highest BCUT2D eigenvalue weighted by molar-refractivity contribution is 5.27. The largest absolute Gasteiger partial charge is 0.492 e. The fraction of sp³-hybridized carbons (Fsp3) is 0.700. The number of piperidine rings is 1. The predicted molar refractivity (Wildman–Crippen MR) is 98.9 cm³/mol. The zero-order chi connectivity index (χ0) is 17.5. The van der Waals surface area contributed by atoms with E-state index in [1.165, 1.54) is 5.56 Å². The molecule has 1 unspecified atom stereocenters. The van der Waals surface area contributed by atoms with Crippen molar-refractivity contribution >= 4 is 0 Å². The van der Waals surface area contributed by atoms with Gasteiger partial charge in [0.05, 0.1) is 19.3 Å². The third-order valence-corrected chi connectivity index (χ3v) is 5.42. The second-order valence-corrected chi connectivity index (χ2v) is 7.30. The summed E-state index contributed by atoms with van der Waals surface area (Å²) < 4.78 is 11.2. The van der Waals surface area contributed by atoms with Gasteiger partial charge in [-0.3, -0.25) is 9.80 Å². The molecule has 0 amide bonds. The van der Waals surface area contributed by atoms with Crippen LogP contribution < -0.4 is 4.74 Å². The van der Waals surface area contributed by atoms with Crippen LogP contribution in [-0.2, 0) is 11.3 Å². The molecule has 0 radical (unpaired) electrons. The van der Waals surface area contributed by atoms with Crippen molar-refractivity contribution in [1.29, 1.82) is 0 Å². The van der Waals surface area contributed by atoms with Crippen LogP contribution >= 0.6 is 0 Å². The van der Waals surface area contributed by atoms with Gasteiger partial charge in [-0.1, -0.05) is 12.1 Å². The van der Waals surface area contributed by atoms with Gasteiger partial charge in [-0.15, -0.1) is 0 Å². The molecule has 2 aliphatic rings. The highest BCUT2D eigenvalue weighted by atomic mass is 16.5. The van der Waals surface area contributed by atoms with Crippen molar-refractivity contribution in [1.82, 2.24) is 9.80 Å². The first-order valence-electron chi connectivity index (χ1n) is 9.63. The molecule has 140 valence electrons. The number of rotatable bonds is 7. The molecule has 2 saturated heterocycles. The zero-order valence-electron chi connectivity index (χ0n) is 15.4. The maximum Gasteiger partial charge on any atom is 0.119 e. The van der Waals surface area contributed by atoms with Gasteiger partial charge in [0, 0.05) is 26.2 Å². The van der Waals surface area contributed by atoms with E-state index >= 15 is 0 Å². The zero-order valence-corrected chi connectivity index (χ0v) is 15.4. The lowest BCUT2D eigenvalue weighted by Gasteiger charge is -2.33. The molecule has 1 aromatic carbocycles. The number of likely N-dealkylation sites (tertiary alicyclic amines) is 1. The van der Waals surface area contributed by atoms with Crippen LogP contribution in [0.1, 0.15) is 25.3 Å². The van der Waals surface area contributed by atoms with Crippen LogP contribution in [0.15, 0.2) is 24.3 Å². The number of benzene rings is 1. The van der Waals surface area contributed by atoms with E-state index in [-0.39, 0.29) is 6.10 Å². The SMILES string of the molecule is CC(O)C1CCN(Cc2ccc(OCCN3CCOCC3)cc2)CC1. The Morgan fingerprint density at radius 2 is 1.76 bits per heavy atom. The summed E-state index contributed by atoms with van der Waals surface area (Å²) in [4.78, 5) is 4.86. The van der Waals surface area contributed by atoms with E-state index in [2.05, 4.69) is 34.1 Å². The van der Waals surface area contributed by atoms with Crippen molar-refractivity contribution in [2.24, 2.45) is 5.92 Å². The minimum atomic E-state index is -0.170. The summed E-state index contributed by atoms with van der Waals surface area (Å²) in [6.45, 7) is 10.4. The van der Waals surface area contributed by atoms with Gasteiger partial charge in [-0.2, -0.15) is 0 Å². The second kappa shape index (κ2) is 9.53. The Morgan fingerprint density at radius 3 is 2.40 bits per heavy atom. The minimum Gasteiger partial charge on any atom is -0.492 e. The Bertz CT molecular complexity index is 492. The van der Waals surface area contributed by atoms with E-state index in [9.17, 15) is 5.11 Å². The molecule has 5 heteroatoms. The van der Waals surface area contributed by atoms with E-state index in [4.69, 9.17) is 9.47 Å². The molecule has 2 heterocycles. The summed E-state index contributed by atoms with van der Waals surface area (Å²) in [5.41, 5.74) is 1.33. The van der Waals surface area contributed by atoms with Gasteiger partial charge < -0.3 is 14.6 Å². The molecule has 2 fully saturated rings. The molecule has 25 heavy (non-hydrogen) atoms. The molecule has 1 aromatic rings. The Morgan fingerprint density at radius 1 is 1.08 bits per heavy atom. The topological polar surface area (TPSA) is 45.2 Å². The van der Waals surface area contributed by atoms with Crippen LogP contribution in [0.3, 0.4) is 0 Å². The first-order valence-corrected chi connectivity index (χ1v) is 9.63. The highest BCUT2D eigenvalue weighted by Crippen LogP contribution is 2.22. The molecule has 0 bridgehead atoms. The van der Waals surface area contributed by atoms with Gasteiger partial charge in [0.1, 0.15) is 12.4 Å². The number of aliphatic hydroxyl groups excluding tert-OH is 1. The lowest BCUT2D eigenvalue weighted by molar-refractivity contribution is 0.0322. The molecule has 1 atom stereocenters. The Labute approximate surface area is 151 Å². The van der Waals surface area contributed by atoms with E-state index < -0.39 is 0 Å². The Hall–Kier alpha value is -1.14. The van der Waals surface area contributed by atoms with Crippen LogP contribution in [0.2, 0.25) is 0 Å². The average molecular weight is 348 g/mol. The van der Waals surface area contributed by atoms with Crippen LogP contribution in [0.25, 0.3) is 0 Å². The van der Waals surface area contributed by atoms with E-state index in [0.717, 1.165) is 77.7 Å². The van der Waals surface area contributed by atoms with Crippen molar-refractivity contribution in [3.05, 3.63) is 29.8 Å². The number of nitrogens with zero attached hydrogens (tertiary/aromatic N) is 2. The average Bonchev–Trinajstić information content (AvgIpc) is 2.64. The van der Waals surface area contributed by atoms with Gasteiger partial charge in [-0.25, -0.2) is 0 Å². The normalized spacial score (nSPS) is 22.0. The fourth-order valence-corrected chi connectivity index (χ4v) is 3.66. The van der Waals surface area contributed by atoms with Crippen molar-refractivity contribution in [2.45, 2.75) is 32.4 Å². The van der Waals surface area contributed by atoms with Gasteiger partial charge in [-0.05, 0) is 56.5 Å². The first-order chi connectivity index (χ1) is 12.2. The molecular formula is C20H32N2O3. The molecular weight excluding hydrogens is 316 g/mol. The van der Waals surface area contributed by atoms with Crippen molar-refractivity contribution in [3.8, 4) is 5.75 Å². The Balaban J connectivity index is 1.37. The predicted octanol–water partition coefficient (Wildman–Crippen LogP) is 1.99. The molecule has 0 aliphatic carbocycles. The van der Waals surface area contributed by atoms with Crippen LogP contribution in [0, 0.1) is 5.92 Å². The minimum absolute atomic E-state index is 0.170. The smallest absolute Gasteiger partial charge is 0.119 e. The van der Waals surface area contributed by atoms with Crippen molar-refractivity contribution < 1.29 is 14.6 Å². The molecule has 1 N–H and O–H groups in total. The molecule has 0 spiro atoms. The third kappa shape index (κ3) is 5.96. The highest BCUT2D eigenvalue weighted by Gasteiger charge is 2.22. The van der Waals surface area contributed by atoms with E-state index in [1.54, 1.807) is 0 Å². The number of hydrogen-bond acceptors (Lipinski definition) is 5. The van der Waals surface area contributed by atoms with Crippen LogP contribution in [0.5, 0.6) is 5.75 Å². The number of ether oxygens (including phenoxy) is 2. The van der Waals surface area contributed by atoms with Crippen molar-refractivity contribution in [3.63, 3.8) is 0 Å². The summed E-state index contributed by atoms with van der Waals surface area (Å²) >= 11 is 0. The van der Waals surface area contributed by atoms with Gasteiger partial charge in [0.15, 0.2) is 0 Å². The number of aliphatic hydroxyl groups is 1. The monoisotopic (exact) mass is 348 g/mol. The molecule has 3 rings (SSSR count). The Kier molecular flexibility index (Phi) is 7.11. The van der Waals surface area contributed by atoms with E-state index in [1.807, 2.05) is 6.92 Å². The summed E-state index contributed by atoms with van der Waals surface area (Å²) in [7, 11) is 0. The first kappa shape index (κ1) is 18.6. The van der Waals surface area contributed by atoms with Crippen LogP contribution in [0.4, 0.5) is 0 Å².